The van der Waals surface area contributed by atoms with Gasteiger partial charge in [0.05, 0.1) is 24.4 Å². The van der Waals surface area contributed by atoms with Crippen molar-refractivity contribution < 1.29 is 19.1 Å². The van der Waals surface area contributed by atoms with E-state index in [1.165, 1.54) is 0 Å². The van der Waals surface area contributed by atoms with Crippen molar-refractivity contribution >= 4 is 29.3 Å². The summed E-state index contributed by atoms with van der Waals surface area (Å²) in [5, 5.41) is 0. The van der Waals surface area contributed by atoms with Crippen LogP contribution >= 0.6 is 11.8 Å². The average molecular weight is 420 g/mol. The number of fused-ring (bicyclic) bond motifs is 1. The minimum absolute atomic E-state index is 0.127. The highest BCUT2D eigenvalue weighted by atomic mass is 32.2. The number of hydrogen-bond acceptors (Lipinski definition) is 5. The van der Waals surface area contributed by atoms with Crippen molar-refractivity contribution in [1.82, 2.24) is 0 Å². The Morgan fingerprint density at radius 3 is 2.40 bits per heavy atom. The van der Waals surface area contributed by atoms with E-state index in [1.54, 1.807) is 48.0 Å². The summed E-state index contributed by atoms with van der Waals surface area (Å²) in [4.78, 5) is 28.4. The third-order valence-electron chi connectivity index (χ3n) is 4.94. The van der Waals surface area contributed by atoms with Crippen molar-refractivity contribution in [3.05, 3.63) is 90.0 Å². The van der Waals surface area contributed by atoms with Gasteiger partial charge in [0.2, 0.25) is 0 Å². The van der Waals surface area contributed by atoms with Gasteiger partial charge in [0.15, 0.2) is 6.61 Å². The molecule has 0 saturated carbocycles. The van der Waals surface area contributed by atoms with Crippen LogP contribution in [0.15, 0.2) is 83.8 Å². The zero-order valence-electron chi connectivity index (χ0n) is 16.5. The highest BCUT2D eigenvalue weighted by molar-refractivity contribution is 7.99. The van der Waals surface area contributed by atoms with Crippen molar-refractivity contribution in [2.24, 2.45) is 0 Å². The molecule has 1 aliphatic heterocycles. The Labute approximate surface area is 179 Å². The number of para-hydroxylation sites is 1. The molecule has 0 spiro atoms. The molecular formula is C24H21NO4S. The molecule has 1 amide bonds. The minimum atomic E-state index is -0.540. The maximum atomic E-state index is 13.2. The summed E-state index contributed by atoms with van der Waals surface area (Å²) in [7, 11) is 1.56. The first-order chi connectivity index (χ1) is 14.7. The number of hydrogen-bond donors (Lipinski definition) is 0. The Kier molecular flexibility index (Phi) is 6.05. The predicted molar refractivity (Wildman–Crippen MR) is 117 cm³/mol. The van der Waals surface area contributed by atoms with E-state index in [-0.39, 0.29) is 18.6 Å². The number of methoxy groups -OCH3 is 1. The standard InChI is InChI=1S/C24H21NO4S/c1-28-19-13-11-18(12-14-19)24(27)29-15-23(26)25-20-9-5-6-10-22(20)30-16-21(25)17-7-3-2-4-8-17/h2-14,21H,15-16H2,1H3/t21-/m1/s1. The average Bonchev–Trinajstić information content (AvgIpc) is 2.82. The van der Waals surface area contributed by atoms with Gasteiger partial charge in [0.1, 0.15) is 5.75 Å². The molecule has 0 aliphatic carbocycles. The normalized spacial score (nSPS) is 15.2. The molecule has 0 saturated heterocycles. The van der Waals surface area contributed by atoms with Crippen LogP contribution in [0.5, 0.6) is 5.75 Å². The quantitative estimate of drug-likeness (QED) is 0.560. The van der Waals surface area contributed by atoms with Gasteiger partial charge in [-0.1, -0.05) is 42.5 Å². The van der Waals surface area contributed by atoms with Gasteiger partial charge in [-0.2, -0.15) is 0 Å². The fourth-order valence-corrected chi connectivity index (χ4v) is 4.59. The first kappa shape index (κ1) is 20.0. The highest BCUT2D eigenvalue weighted by Crippen LogP contribution is 2.43. The van der Waals surface area contributed by atoms with Gasteiger partial charge in [0, 0.05) is 10.6 Å². The van der Waals surface area contributed by atoms with E-state index >= 15 is 0 Å². The Balaban J connectivity index is 1.54. The van der Waals surface area contributed by atoms with Crippen LogP contribution in [0.4, 0.5) is 5.69 Å². The zero-order chi connectivity index (χ0) is 20.9. The molecule has 0 radical (unpaired) electrons. The number of benzene rings is 3. The van der Waals surface area contributed by atoms with Gasteiger partial charge in [0.25, 0.3) is 5.91 Å². The first-order valence-corrected chi connectivity index (χ1v) is 10.6. The van der Waals surface area contributed by atoms with E-state index in [0.29, 0.717) is 11.3 Å². The first-order valence-electron chi connectivity index (χ1n) is 9.57. The van der Waals surface area contributed by atoms with Gasteiger partial charge in [-0.25, -0.2) is 4.79 Å². The summed E-state index contributed by atoms with van der Waals surface area (Å²) in [6, 6.07) is 24.2. The molecule has 1 atom stereocenters. The number of nitrogens with zero attached hydrogens (tertiary/aromatic N) is 1. The van der Waals surface area contributed by atoms with E-state index in [0.717, 1.165) is 21.9 Å². The largest absolute Gasteiger partial charge is 0.497 e. The summed E-state index contributed by atoms with van der Waals surface area (Å²) < 4.78 is 10.4. The van der Waals surface area contributed by atoms with Crippen molar-refractivity contribution in [2.45, 2.75) is 10.9 Å². The minimum Gasteiger partial charge on any atom is -0.497 e. The predicted octanol–water partition coefficient (Wildman–Crippen LogP) is 4.73. The maximum Gasteiger partial charge on any atom is 0.338 e. The van der Waals surface area contributed by atoms with E-state index in [1.807, 2.05) is 54.6 Å². The molecule has 0 fully saturated rings. The van der Waals surface area contributed by atoms with Crippen molar-refractivity contribution in [3.63, 3.8) is 0 Å². The molecule has 0 aromatic heterocycles. The highest BCUT2D eigenvalue weighted by Gasteiger charge is 2.32. The topological polar surface area (TPSA) is 55.8 Å². The molecule has 152 valence electrons. The van der Waals surface area contributed by atoms with Crippen LogP contribution < -0.4 is 9.64 Å². The molecule has 1 aliphatic rings. The lowest BCUT2D eigenvalue weighted by atomic mass is 10.1. The Morgan fingerprint density at radius 2 is 1.67 bits per heavy atom. The van der Waals surface area contributed by atoms with Gasteiger partial charge in [-0.05, 0) is 42.0 Å². The van der Waals surface area contributed by atoms with Crippen LogP contribution in [0.25, 0.3) is 0 Å². The van der Waals surface area contributed by atoms with Crippen molar-refractivity contribution in [2.75, 3.05) is 24.4 Å². The third-order valence-corrected chi connectivity index (χ3v) is 6.08. The van der Waals surface area contributed by atoms with Gasteiger partial charge in [-0.3, -0.25) is 9.69 Å². The Hall–Kier alpha value is -3.25. The van der Waals surface area contributed by atoms with Crippen LogP contribution in [0.2, 0.25) is 0 Å². The monoisotopic (exact) mass is 419 g/mol. The lowest BCUT2D eigenvalue weighted by Gasteiger charge is -2.37. The Morgan fingerprint density at radius 1 is 0.967 bits per heavy atom. The lowest BCUT2D eigenvalue weighted by Crippen LogP contribution is -2.41. The molecule has 4 rings (SSSR count). The SMILES string of the molecule is COc1ccc(C(=O)OCC(=O)N2c3ccccc3SC[C@@H]2c2ccccc2)cc1. The Bertz CT molecular complexity index is 1040. The summed E-state index contributed by atoms with van der Waals surface area (Å²) >= 11 is 1.72. The van der Waals surface area contributed by atoms with E-state index in [9.17, 15) is 9.59 Å². The van der Waals surface area contributed by atoms with Crippen LogP contribution in [0.1, 0.15) is 22.0 Å². The number of carbonyl (C=O) groups is 2. The smallest absolute Gasteiger partial charge is 0.338 e. The second-order valence-electron chi connectivity index (χ2n) is 6.77. The number of anilines is 1. The van der Waals surface area contributed by atoms with Gasteiger partial charge >= 0.3 is 5.97 Å². The van der Waals surface area contributed by atoms with Gasteiger partial charge in [-0.15, -0.1) is 11.8 Å². The number of esters is 1. The molecule has 1 heterocycles. The zero-order valence-corrected chi connectivity index (χ0v) is 17.3. The molecule has 6 heteroatoms. The third kappa shape index (κ3) is 4.19. The summed E-state index contributed by atoms with van der Waals surface area (Å²) in [6.07, 6.45) is 0. The van der Waals surface area contributed by atoms with E-state index in [4.69, 9.17) is 9.47 Å². The number of rotatable bonds is 5. The molecule has 0 bridgehead atoms. The number of thioether (sulfide) groups is 1. The maximum absolute atomic E-state index is 13.2. The second kappa shape index (κ2) is 9.05. The number of ether oxygens (including phenoxy) is 2. The van der Waals surface area contributed by atoms with E-state index in [2.05, 4.69) is 0 Å². The summed E-state index contributed by atoms with van der Waals surface area (Å²) in [5.41, 5.74) is 2.26. The number of carbonyl (C=O) groups excluding carboxylic acids is 2. The molecule has 0 N–H and O–H groups in total. The summed E-state index contributed by atoms with van der Waals surface area (Å²) in [5.74, 6) is 0.593. The fraction of sp³-hybridized carbons (Fsp3) is 0.167. The molecular weight excluding hydrogens is 398 g/mol. The summed E-state index contributed by atoms with van der Waals surface area (Å²) in [6.45, 7) is -0.326. The van der Waals surface area contributed by atoms with Crippen LogP contribution in [-0.2, 0) is 9.53 Å². The molecule has 0 unspecified atom stereocenters. The molecule has 5 nitrogen and oxygen atoms in total. The van der Waals surface area contributed by atoms with Crippen molar-refractivity contribution in [1.29, 1.82) is 0 Å². The van der Waals surface area contributed by atoms with E-state index < -0.39 is 5.97 Å². The van der Waals surface area contributed by atoms with Gasteiger partial charge < -0.3 is 9.47 Å². The number of amides is 1. The molecule has 3 aromatic carbocycles. The second-order valence-corrected chi connectivity index (χ2v) is 7.84. The molecule has 3 aromatic rings. The molecule has 30 heavy (non-hydrogen) atoms. The fourth-order valence-electron chi connectivity index (χ4n) is 3.43. The van der Waals surface area contributed by atoms with Crippen LogP contribution in [0.3, 0.4) is 0 Å². The van der Waals surface area contributed by atoms with Crippen molar-refractivity contribution in [3.8, 4) is 5.75 Å². The van der Waals surface area contributed by atoms with Crippen LogP contribution in [-0.4, -0.2) is 31.3 Å². The van der Waals surface area contributed by atoms with Crippen LogP contribution in [0, 0.1) is 0 Å². The lowest BCUT2D eigenvalue weighted by molar-refractivity contribution is -0.122.